The molecule has 0 radical (unpaired) electrons. The molecular weight excluding hydrogens is 899 g/mol. The van der Waals surface area contributed by atoms with Gasteiger partial charge in [0, 0.05) is 67.4 Å². The minimum atomic E-state index is -0.781. The molecule has 0 saturated heterocycles. The predicted molar refractivity (Wildman–Crippen MR) is 293 cm³/mol. The number of hydrogen-bond acceptors (Lipinski definition) is 7. The first-order valence-corrected chi connectivity index (χ1v) is 28.7. The number of hydroxylamine groups is 1. The van der Waals surface area contributed by atoms with Crippen LogP contribution in [0.25, 0.3) is 67.6 Å². The number of carbonyl (C=O) groups excluding carboxylic acids is 1. The quantitative estimate of drug-likeness (QED) is 0.0177. The van der Waals surface area contributed by atoms with E-state index in [0.717, 1.165) is 43.5 Å². The van der Waals surface area contributed by atoms with E-state index in [1.54, 1.807) is 22.9 Å². The number of fused-ring (bicyclic) bond motifs is 3. The Balaban J connectivity index is 1.34. The molecule has 5 nitrogen and oxygen atoms in total. The van der Waals surface area contributed by atoms with Gasteiger partial charge in [0.05, 0.1) is 0 Å². The van der Waals surface area contributed by atoms with Gasteiger partial charge in [-0.2, -0.15) is 5.26 Å². The lowest BCUT2D eigenvalue weighted by atomic mass is 10.0. The van der Waals surface area contributed by atoms with Crippen LogP contribution in [0, 0.1) is 11.3 Å². The Kier molecular flexibility index (Phi) is 19.1. The molecule has 354 valence electrons. The Labute approximate surface area is 416 Å². The van der Waals surface area contributed by atoms with Crippen LogP contribution in [0.5, 0.6) is 0 Å². The number of thiophene rings is 4. The van der Waals surface area contributed by atoms with Crippen molar-refractivity contribution in [2.24, 2.45) is 0 Å². The first kappa shape index (κ1) is 50.6. The van der Waals surface area contributed by atoms with E-state index in [1.807, 2.05) is 40.1 Å². The van der Waals surface area contributed by atoms with E-state index in [9.17, 15) is 15.3 Å². The first-order valence-electron chi connectivity index (χ1n) is 25.4. The van der Waals surface area contributed by atoms with E-state index in [-0.39, 0.29) is 5.57 Å². The lowest BCUT2D eigenvalue weighted by molar-refractivity contribution is -0.124. The average molecular weight is 970 g/mol. The number of carbonyl (C=O) groups is 1. The predicted octanol–water partition coefficient (Wildman–Crippen LogP) is 18.6. The summed E-state index contributed by atoms with van der Waals surface area (Å²) in [5.74, 6) is -0.781. The number of amides is 1. The second-order valence-electron chi connectivity index (χ2n) is 18.2. The van der Waals surface area contributed by atoms with E-state index in [1.165, 1.54) is 180 Å². The van der Waals surface area contributed by atoms with Crippen molar-refractivity contribution < 1.29 is 10.0 Å². The topological polar surface area (TPSA) is 78.1 Å². The first-order chi connectivity index (χ1) is 32.8. The summed E-state index contributed by atoms with van der Waals surface area (Å²) in [6.45, 7) is 12.3. The fraction of sp³-hybridized carbons (Fsp3) is 0.448. The molecule has 9 heteroatoms. The number of nitrogens with one attached hydrogen (secondary N) is 1. The highest BCUT2D eigenvalue weighted by Crippen LogP contribution is 2.50. The molecule has 2 aromatic carbocycles. The standard InChI is InChI=1S/C58H71N3O2S4/c1-6-11-15-19-25-40-33-46(34-45(39-59)58(62)60-63)64-55(40)51-37-42(27-21-17-13-8-3)57(66-51)53-38-43(28-22-18-14-9-4)56(67-53)52-36-41(26-20-16-12-7-2)54(65-52)44-31-32-50-48(35-44)47-29-23-24-30-49(47)61(50)10-5/h23-24,29-38,63H,6-22,25-28H2,1-5H3,(H,60,62)/b45-34-. The second-order valence-corrected chi connectivity index (χ2v) is 22.5. The average Bonchev–Trinajstić information content (AvgIpc) is 4.20. The minimum absolute atomic E-state index is 0.0978. The molecule has 0 aliphatic rings. The summed E-state index contributed by atoms with van der Waals surface area (Å²) in [4.78, 5) is 22.8. The van der Waals surface area contributed by atoms with Crippen LogP contribution in [0.3, 0.4) is 0 Å². The Morgan fingerprint density at radius 2 is 1.03 bits per heavy atom. The number of hydrogen-bond donors (Lipinski definition) is 2. The summed E-state index contributed by atoms with van der Waals surface area (Å²) in [5.41, 5.74) is 11.2. The number of nitrogens with zero attached hydrogens (tertiary/aromatic N) is 2. The van der Waals surface area contributed by atoms with Crippen LogP contribution < -0.4 is 5.48 Å². The Morgan fingerprint density at radius 1 is 0.567 bits per heavy atom. The number of nitriles is 1. The number of unbranched alkanes of at least 4 members (excludes halogenated alkanes) is 12. The molecule has 67 heavy (non-hydrogen) atoms. The van der Waals surface area contributed by atoms with Crippen molar-refractivity contribution in [3.63, 3.8) is 0 Å². The van der Waals surface area contributed by atoms with Crippen molar-refractivity contribution in [2.75, 3.05) is 0 Å². The molecule has 5 aromatic heterocycles. The minimum Gasteiger partial charge on any atom is -0.341 e. The number of rotatable bonds is 27. The summed E-state index contributed by atoms with van der Waals surface area (Å²) in [6, 6.07) is 27.9. The summed E-state index contributed by atoms with van der Waals surface area (Å²) in [5, 5.41) is 21.8. The van der Waals surface area contributed by atoms with E-state index >= 15 is 0 Å². The summed E-state index contributed by atoms with van der Waals surface area (Å²) in [6.07, 6.45) is 25.2. The Bertz CT molecular complexity index is 2780. The lowest BCUT2D eigenvalue weighted by Crippen LogP contribution is -2.19. The molecule has 0 atom stereocenters. The van der Waals surface area contributed by atoms with E-state index in [4.69, 9.17) is 0 Å². The fourth-order valence-electron chi connectivity index (χ4n) is 9.61. The molecule has 5 heterocycles. The van der Waals surface area contributed by atoms with Crippen LogP contribution >= 0.6 is 45.3 Å². The van der Waals surface area contributed by atoms with Crippen molar-refractivity contribution in [3.05, 3.63) is 99.4 Å². The summed E-state index contributed by atoms with van der Waals surface area (Å²) >= 11 is 7.61. The zero-order valence-electron chi connectivity index (χ0n) is 40.7. The molecule has 7 aromatic rings. The van der Waals surface area contributed by atoms with E-state index in [2.05, 4.69) is 106 Å². The van der Waals surface area contributed by atoms with Gasteiger partial charge < -0.3 is 4.57 Å². The third-order valence-corrected chi connectivity index (χ3v) is 18.5. The number of para-hydroxylation sites is 1. The number of benzene rings is 2. The van der Waals surface area contributed by atoms with Crippen molar-refractivity contribution in [1.29, 1.82) is 5.26 Å². The van der Waals surface area contributed by atoms with Gasteiger partial charge >= 0.3 is 0 Å². The SMILES string of the molecule is CCCCCCc1cc(-c2sc(-c3sc(-c4sc(/C=C(/C#N)C(=O)NO)cc4CCCCCC)cc3CCCCCC)cc2CCCCCC)sc1-c1ccc2c(c1)c1ccccc1n2CC. The smallest absolute Gasteiger partial charge is 0.285 e. The summed E-state index contributed by atoms with van der Waals surface area (Å²) < 4.78 is 2.46. The Hall–Kier alpha value is -4.30. The van der Waals surface area contributed by atoms with Gasteiger partial charge in [-0.3, -0.25) is 10.0 Å². The number of aromatic nitrogens is 1. The van der Waals surface area contributed by atoms with Gasteiger partial charge in [-0.05, 0) is 135 Å². The summed E-state index contributed by atoms with van der Waals surface area (Å²) in [7, 11) is 0. The van der Waals surface area contributed by atoms with Crippen molar-refractivity contribution in [2.45, 2.75) is 170 Å². The Morgan fingerprint density at radius 3 is 1.52 bits per heavy atom. The molecule has 0 fully saturated rings. The van der Waals surface area contributed by atoms with Gasteiger partial charge in [-0.1, -0.05) is 129 Å². The van der Waals surface area contributed by atoms with Gasteiger partial charge in [0.25, 0.3) is 5.91 Å². The van der Waals surface area contributed by atoms with E-state index in [0.29, 0.717) is 0 Å². The highest BCUT2D eigenvalue weighted by atomic mass is 32.1. The van der Waals surface area contributed by atoms with Crippen molar-refractivity contribution >= 4 is 79.1 Å². The third kappa shape index (κ3) is 12.3. The zero-order chi connectivity index (χ0) is 47.1. The lowest BCUT2D eigenvalue weighted by Gasteiger charge is -2.06. The maximum atomic E-state index is 12.4. The van der Waals surface area contributed by atoms with Gasteiger partial charge in [-0.25, -0.2) is 5.48 Å². The van der Waals surface area contributed by atoms with Gasteiger partial charge in [0.2, 0.25) is 0 Å². The normalized spacial score (nSPS) is 11.9. The van der Waals surface area contributed by atoms with Crippen LogP contribution in [0.1, 0.15) is 164 Å². The van der Waals surface area contributed by atoms with Gasteiger partial charge in [0.15, 0.2) is 0 Å². The van der Waals surface area contributed by atoms with Crippen LogP contribution in [-0.4, -0.2) is 15.7 Å². The maximum Gasteiger partial charge on any atom is 0.285 e. The second kappa shape index (κ2) is 25.3. The molecule has 0 aliphatic heterocycles. The van der Waals surface area contributed by atoms with Crippen LogP contribution in [-0.2, 0) is 37.0 Å². The number of aryl methyl sites for hydroxylation is 5. The molecular formula is C58H71N3O2S4. The molecule has 0 aliphatic carbocycles. The third-order valence-electron chi connectivity index (χ3n) is 13.2. The highest BCUT2D eigenvalue weighted by molar-refractivity contribution is 7.29. The molecule has 7 rings (SSSR count). The highest BCUT2D eigenvalue weighted by Gasteiger charge is 2.23. The van der Waals surface area contributed by atoms with Crippen molar-refractivity contribution in [3.8, 4) is 45.8 Å². The largest absolute Gasteiger partial charge is 0.341 e. The van der Waals surface area contributed by atoms with Crippen LogP contribution in [0.4, 0.5) is 0 Å². The van der Waals surface area contributed by atoms with Crippen molar-refractivity contribution in [1.82, 2.24) is 10.0 Å². The van der Waals surface area contributed by atoms with Gasteiger partial charge in [-0.15, -0.1) is 45.3 Å². The van der Waals surface area contributed by atoms with Crippen LogP contribution in [0.15, 0.2) is 72.3 Å². The molecule has 2 N–H and O–H groups in total. The van der Waals surface area contributed by atoms with Crippen LogP contribution in [0.2, 0.25) is 0 Å². The monoisotopic (exact) mass is 969 g/mol. The molecule has 0 saturated carbocycles. The molecule has 0 bridgehead atoms. The molecule has 0 unspecified atom stereocenters. The van der Waals surface area contributed by atoms with Gasteiger partial charge in [0.1, 0.15) is 11.6 Å². The zero-order valence-corrected chi connectivity index (χ0v) is 43.9. The van der Waals surface area contributed by atoms with E-state index < -0.39 is 5.91 Å². The maximum absolute atomic E-state index is 12.4. The fourth-order valence-corrected chi connectivity index (χ4v) is 14.8. The molecule has 1 amide bonds. The molecule has 0 spiro atoms.